The van der Waals surface area contributed by atoms with Gasteiger partial charge in [-0.15, -0.1) is 0 Å². The van der Waals surface area contributed by atoms with Crippen LogP contribution in [0.3, 0.4) is 0 Å². The highest BCUT2D eigenvalue weighted by atomic mass is 32.2. The third-order valence-electron chi connectivity index (χ3n) is 3.32. The van der Waals surface area contributed by atoms with Gasteiger partial charge in [0, 0.05) is 17.8 Å². The molecule has 1 rings (SSSR count). The van der Waals surface area contributed by atoms with E-state index >= 15 is 0 Å². The van der Waals surface area contributed by atoms with E-state index in [1.807, 2.05) is 11.8 Å². The lowest BCUT2D eigenvalue weighted by molar-refractivity contribution is -0.120. The minimum absolute atomic E-state index is 0.136. The maximum atomic E-state index is 11.6. The zero-order chi connectivity index (χ0) is 12.7. The van der Waals surface area contributed by atoms with Crippen LogP contribution in [0.25, 0.3) is 0 Å². The van der Waals surface area contributed by atoms with E-state index in [1.165, 1.54) is 19.3 Å². The molecule has 2 atom stereocenters. The molecule has 1 aliphatic carbocycles. The first kappa shape index (κ1) is 14.8. The van der Waals surface area contributed by atoms with Crippen molar-refractivity contribution in [3.8, 4) is 0 Å². The summed E-state index contributed by atoms with van der Waals surface area (Å²) in [6, 6.07) is 0.529. The maximum Gasteiger partial charge on any atom is 0.233 e. The van der Waals surface area contributed by atoms with Crippen LogP contribution in [0.2, 0.25) is 0 Å². The monoisotopic (exact) mass is 258 g/mol. The van der Waals surface area contributed by atoms with Gasteiger partial charge in [0.05, 0.1) is 6.54 Å². The van der Waals surface area contributed by atoms with Crippen LogP contribution in [0.5, 0.6) is 0 Å². The lowest BCUT2D eigenvalue weighted by Crippen LogP contribution is -2.41. The van der Waals surface area contributed by atoms with Crippen LogP contribution in [0.15, 0.2) is 0 Å². The predicted molar refractivity (Wildman–Crippen MR) is 75.4 cm³/mol. The maximum absolute atomic E-state index is 11.6. The predicted octanol–water partition coefficient (Wildman–Crippen LogP) is 2.02. The van der Waals surface area contributed by atoms with Gasteiger partial charge in [-0.3, -0.25) is 4.79 Å². The molecule has 0 spiro atoms. The molecule has 0 aromatic carbocycles. The van der Waals surface area contributed by atoms with Crippen molar-refractivity contribution in [1.82, 2.24) is 10.6 Å². The van der Waals surface area contributed by atoms with Crippen LogP contribution in [0, 0.1) is 5.92 Å². The quantitative estimate of drug-likeness (QED) is 0.734. The van der Waals surface area contributed by atoms with Crippen LogP contribution in [-0.2, 0) is 4.79 Å². The summed E-state index contributed by atoms with van der Waals surface area (Å²) in [5.74, 6) is 0.788. The second kappa shape index (κ2) is 7.98. The van der Waals surface area contributed by atoms with Gasteiger partial charge in [-0.2, -0.15) is 11.8 Å². The van der Waals surface area contributed by atoms with Crippen molar-refractivity contribution in [1.29, 1.82) is 0 Å². The molecule has 1 fully saturated rings. The van der Waals surface area contributed by atoms with E-state index in [4.69, 9.17) is 0 Å². The van der Waals surface area contributed by atoms with Gasteiger partial charge in [-0.1, -0.05) is 20.3 Å². The van der Waals surface area contributed by atoms with E-state index in [2.05, 4.69) is 30.7 Å². The molecule has 1 amide bonds. The summed E-state index contributed by atoms with van der Waals surface area (Å²) >= 11 is 1.92. The highest BCUT2D eigenvalue weighted by Gasteiger charge is 2.26. The molecule has 2 N–H and O–H groups in total. The molecule has 3 nitrogen and oxygen atoms in total. The average molecular weight is 258 g/mol. The SMILES string of the molecule is CSC1CCCC1NCC(=O)NCCC(C)C. The molecule has 1 aliphatic rings. The Morgan fingerprint density at radius 3 is 2.82 bits per heavy atom. The Morgan fingerprint density at radius 1 is 1.41 bits per heavy atom. The zero-order valence-corrected chi connectivity index (χ0v) is 12.1. The topological polar surface area (TPSA) is 41.1 Å². The number of thioether (sulfide) groups is 1. The van der Waals surface area contributed by atoms with Gasteiger partial charge in [0.15, 0.2) is 0 Å². The average Bonchev–Trinajstić information content (AvgIpc) is 2.73. The number of nitrogens with one attached hydrogen (secondary N) is 2. The fourth-order valence-corrected chi connectivity index (χ4v) is 3.19. The van der Waals surface area contributed by atoms with Gasteiger partial charge in [0.2, 0.25) is 5.91 Å². The molecule has 4 heteroatoms. The molecule has 0 bridgehead atoms. The van der Waals surface area contributed by atoms with Crippen molar-refractivity contribution in [3.05, 3.63) is 0 Å². The van der Waals surface area contributed by atoms with E-state index in [0.29, 0.717) is 23.8 Å². The van der Waals surface area contributed by atoms with Crippen LogP contribution >= 0.6 is 11.8 Å². The van der Waals surface area contributed by atoms with Gasteiger partial charge < -0.3 is 10.6 Å². The molecule has 0 aliphatic heterocycles. The van der Waals surface area contributed by atoms with E-state index in [0.717, 1.165) is 13.0 Å². The smallest absolute Gasteiger partial charge is 0.233 e. The number of carbonyl (C=O) groups is 1. The first-order valence-electron chi connectivity index (χ1n) is 6.66. The lowest BCUT2D eigenvalue weighted by atomic mass is 10.1. The Hall–Kier alpha value is -0.220. The summed E-state index contributed by atoms with van der Waals surface area (Å²) < 4.78 is 0. The fraction of sp³-hybridized carbons (Fsp3) is 0.923. The molecule has 0 aromatic rings. The van der Waals surface area contributed by atoms with Crippen LogP contribution in [-0.4, -0.2) is 36.5 Å². The second-order valence-electron chi connectivity index (χ2n) is 5.22. The number of hydrogen-bond donors (Lipinski definition) is 2. The Labute approximate surface area is 109 Å². The van der Waals surface area contributed by atoms with E-state index in [-0.39, 0.29) is 5.91 Å². The Morgan fingerprint density at radius 2 is 2.18 bits per heavy atom. The molecule has 1 saturated carbocycles. The normalized spacial score (nSPS) is 24.2. The van der Waals surface area contributed by atoms with E-state index < -0.39 is 0 Å². The molecule has 0 aromatic heterocycles. The van der Waals surface area contributed by atoms with Gasteiger partial charge in [-0.25, -0.2) is 0 Å². The highest BCUT2D eigenvalue weighted by molar-refractivity contribution is 7.99. The number of hydrogen-bond acceptors (Lipinski definition) is 3. The lowest BCUT2D eigenvalue weighted by Gasteiger charge is -2.18. The number of carbonyl (C=O) groups excluding carboxylic acids is 1. The third kappa shape index (κ3) is 5.77. The van der Waals surface area contributed by atoms with Crippen molar-refractivity contribution in [2.75, 3.05) is 19.3 Å². The summed E-state index contributed by atoms with van der Waals surface area (Å²) in [7, 11) is 0. The Balaban J connectivity index is 2.10. The van der Waals surface area contributed by atoms with Crippen LogP contribution < -0.4 is 10.6 Å². The summed E-state index contributed by atoms with van der Waals surface area (Å²) in [6.45, 7) is 5.62. The fourth-order valence-electron chi connectivity index (χ4n) is 2.23. The molecule has 0 saturated heterocycles. The number of amides is 1. The summed E-state index contributed by atoms with van der Waals surface area (Å²) in [5, 5.41) is 7.04. The summed E-state index contributed by atoms with van der Waals surface area (Å²) in [6.07, 6.45) is 7.01. The first-order chi connectivity index (χ1) is 8.13. The molecule has 100 valence electrons. The molecule has 0 heterocycles. The number of rotatable bonds is 7. The molecule has 0 radical (unpaired) electrons. The minimum atomic E-state index is 0.136. The highest BCUT2D eigenvalue weighted by Crippen LogP contribution is 2.28. The van der Waals surface area contributed by atoms with Gasteiger partial charge in [0.25, 0.3) is 0 Å². The summed E-state index contributed by atoms with van der Waals surface area (Å²) in [4.78, 5) is 11.6. The largest absolute Gasteiger partial charge is 0.355 e. The van der Waals surface area contributed by atoms with Gasteiger partial charge >= 0.3 is 0 Å². The van der Waals surface area contributed by atoms with Crippen molar-refractivity contribution in [2.24, 2.45) is 5.92 Å². The van der Waals surface area contributed by atoms with E-state index in [1.54, 1.807) is 0 Å². The Kier molecular flexibility index (Phi) is 6.97. The standard InChI is InChI=1S/C13H26N2OS/c1-10(2)7-8-14-13(16)9-15-11-5-4-6-12(11)17-3/h10-12,15H,4-9H2,1-3H3,(H,14,16). The summed E-state index contributed by atoms with van der Waals surface area (Å²) in [5.41, 5.74) is 0. The van der Waals surface area contributed by atoms with Crippen LogP contribution in [0.4, 0.5) is 0 Å². The minimum Gasteiger partial charge on any atom is -0.355 e. The van der Waals surface area contributed by atoms with Crippen molar-refractivity contribution >= 4 is 17.7 Å². The molecular weight excluding hydrogens is 232 g/mol. The second-order valence-corrected chi connectivity index (χ2v) is 6.30. The molecule has 2 unspecified atom stereocenters. The van der Waals surface area contributed by atoms with Crippen LogP contribution in [0.1, 0.15) is 39.5 Å². The molecule has 17 heavy (non-hydrogen) atoms. The zero-order valence-electron chi connectivity index (χ0n) is 11.3. The van der Waals surface area contributed by atoms with Gasteiger partial charge in [-0.05, 0) is 31.4 Å². The van der Waals surface area contributed by atoms with Gasteiger partial charge in [0.1, 0.15) is 0 Å². The Bertz CT molecular complexity index is 233. The van der Waals surface area contributed by atoms with Crippen molar-refractivity contribution < 1.29 is 4.79 Å². The van der Waals surface area contributed by atoms with Crippen molar-refractivity contribution in [3.63, 3.8) is 0 Å². The first-order valence-corrected chi connectivity index (χ1v) is 7.95. The van der Waals surface area contributed by atoms with Crippen molar-refractivity contribution in [2.45, 2.75) is 50.8 Å². The third-order valence-corrected chi connectivity index (χ3v) is 4.49. The molecular formula is C13H26N2OS. The van der Waals surface area contributed by atoms with E-state index in [9.17, 15) is 4.79 Å².